The number of hydrogen-bond acceptors (Lipinski definition) is 4. The molecule has 3 rings (SSSR count). The molecule has 1 aromatic heterocycles. The van der Waals surface area contributed by atoms with Gasteiger partial charge in [-0.15, -0.1) is 0 Å². The van der Waals surface area contributed by atoms with Crippen LogP contribution in [0.25, 0.3) is 11.3 Å². The van der Waals surface area contributed by atoms with Gasteiger partial charge in [0.2, 0.25) is 0 Å². The monoisotopic (exact) mass is 362 g/mol. The lowest BCUT2D eigenvalue weighted by atomic mass is 9.99. The molecule has 0 aliphatic rings. The summed E-state index contributed by atoms with van der Waals surface area (Å²) in [6.45, 7) is 6.05. The summed E-state index contributed by atoms with van der Waals surface area (Å²) < 4.78 is 6.40. The molecule has 0 bridgehead atoms. The Balaban J connectivity index is 1.79. The summed E-state index contributed by atoms with van der Waals surface area (Å²) in [5, 5.41) is 4.37. The molecule has 0 spiro atoms. The van der Waals surface area contributed by atoms with Crippen molar-refractivity contribution in [1.29, 1.82) is 0 Å². The fourth-order valence-electron chi connectivity index (χ4n) is 2.85. The molecule has 0 amide bonds. The number of aryl methyl sites for hydroxylation is 3. The van der Waals surface area contributed by atoms with Crippen LogP contribution in [0, 0.1) is 20.8 Å². The number of rotatable bonds is 5. The van der Waals surface area contributed by atoms with E-state index in [0.717, 1.165) is 26.9 Å². The highest BCUT2D eigenvalue weighted by Crippen LogP contribution is 2.24. The first-order valence-corrected chi connectivity index (χ1v) is 8.80. The number of carbonyl (C=O) groups excluding carboxylic acids is 1. The van der Waals surface area contributed by atoms with Crippen LogP contribution in [-0.4, -0.2) is 15.7 Å². The topological polar surface area (TPSA) is 61.2 Å². The van der Waals surface area contributed by atoms with E-state index in [0.29, 0.717) is 5.69 Å². The van der Waals surface area contributed by atoms with Crippen molar-refractivity contribution in [2.75, 3.05) is 0 Å². The Kier molecular flexibility index (Phi) is 5.50. The normalized spacial score (nSPS) is 10.6. The van der Waals surface area contributed by atoms with E-state index in [2.05, 4.69) is 24.2 Å². The van der Waals surface area contributed by atoms with Crippen molar-refractivity contribution in [3.63, 3.8) is 0 Å². The molecular weight excluding hydrogens is 340 g/mol. The first-order chi connectivity index (χ1) is 12.9. The highest BCUT2D eigenvalue weighted by atomic mass is 16.5. The van der Waals surface area contributed by atoms with Crippen molar-refractivity contribution in [2.24, 2.45) is 0 Å². The van der Waals surface area contributed by atoms with Gasteiger partial charge in [0.05, 0.1) is 5.69 Å². The van der Waals surface area contributed by atoms with Crippen molar-refractivity contribution in [3.05, 3.63) is 87.2 Å². The minimum atomic E-state index is -0.498. The summed E-state index contributed by atoms with van der Waals surface area (Å²) in [4.78, 5) is 24.2. The van der Waals surface area contributed by atoms with E-state index in [1.807, 2.05) is 44.2 Å². The number of nitrogens with zero attached hydrogens (tertiary/aromatic N) is 2. The largest absolute Gasteiger partial charge is 0.459 e. The summed E-state index contributed by atoms with van der Waals surface area (Å²) in [7, 11) is 0. The maximum Gasteiger partial charge on any atom is 0.328 e. The van der Waals surface area contributed by atoms with Crippen molar-refractivity contribution in [2.45, 2.75) is 33.9 Å². The molecular formula is C22H22N2O3. The molecule has 0 saturated carbocycles. The number of carbonyl (C=O) groups is 1. The van der Waals surface area contributed by atoms with Crippen molar-refractivity contribution >= 4 is 5.97 Å². The van der Waals surface area contributed by atoms with E-state index < -0.39 is 5.97 Å². The Labute approximate surface area is 158 Å². The number of hydrogen-bond donors (Lipinski definition) is 0. The molecule has 0 fully saturated rings. The molecule has 3 aromatic rings. The molecule has 2 aromatic carbocycles. The highest BCUT2D eigenvalue weighted by molar-refractivity contribution is 5.69. The second kappa shape index (κ2) is 7.99. The molecule has 0 unspecified atom stereocenters. The number of benzene rings is 2. The van der Waals surface area contributed by atoms with E-state index >= 15 is 0 Å². The lowest BCUT2D eigenvalue weighted by molar-refractivity contribution is -0.146. The zero-order valence-electron chi connectivity index (χ0n) is 15.7. The predicted octanol–water partition coefficient (Wildman–Crippen LogP) is 3.58. The summed E-state index contributed by atoms with van der Waals surface area (Å²) in [5.41, 5.74) is 5.59. The van der Waals surface area contributed by atoms with Gasteiger partial charge in [-0.2, -0.15) is 5.10 Å². The third kappa shape index (κ3) is 4.50. The van der Waals surface area contributed by atoms with Gasteiger partial charge in [0.1, 0.15) is 13.2 Å². The van der Waals surface area contributed by atoms with Crippen LogP contribution in [0.4, 0.5) is 0 Å². The summed E-state index contributed by atoms with van der Waals surface area (Å²) in [6.07, 6.45) is 0. The van der Waals surface area contributed by atoms with Gasteiger partial charge in [-0.05, 0) is 55.2 Å². The molecule has 27 heavy (non-hydrogen) atoms. The van der Waals surface area contributed by atoms with Gasteiger partial charge >= 0.3 is 5.97 Å². The van der Waals surface area contributed by atoms with E-state index in [9.17, 15) is 9.59 Å². The fourth-order valence-corrected chi connectivity index (χ4v) is 2.85. The average Bonchev–Trinajstić information content (AvgIpc) is 2.66. The molecule has 0 aliphatic heterocycles. The van der Waals surface area contributed by atoms with Crippen molar-refractivity contribution in [1.82, 2.24) is 9.78 Å². The molecule has 0 atom stereocenters. The number of esters is 1. The fraction of sp³-hybridized carbons (Fsp3) is 0.227. The Bertz CT molecular complexity index is 1020. The first kappa shape index (κ1) is 18.6. The van der Waals surface area contributed by atoms with E-state index in [-0.39, 0.29) is 18.7 Å². The molecule has 0 saturated heterocycles. The molecule has 0 aliphatic carbocycles. The van der Waals surface area contributed by atoms with Gasteiger partial charge in [0.15, 0.2) is 0 Å². The molecule has 138 valence electrons. The second-order valence-electron chi connectivity index (χ2n) is 6.61. The van der Waals surface area contributed by atoms with Gasteiger partial charge in [-0.3, -0.25) is 9.59 Å². The molecule has 0 radical (unpaired) electrons. The quantitative estimate of drug-likeness (QED) is 0.651. The zero-order valence-corrected chi connectivity index (χ0v) is 15.7. The third-order valence-corrected chi connectivity index (χ3v) is 4.50. The van der Waals surface area contributed by atoms with Crippen LogP contribution in [0.2, 0.25) is 0 Å². The molecule has 1 heterocycles. The Morgan fingerprint density at radius 3 is 2.41 bits per heavy atom. The summed E-state index contributed by atoms with van der Waals surface area (Å²) >= 11 is 0. The van der Waals surface area contributed by atoms with Crippen LogP contribution in [0.1, 0.15) is 22.3 Å². The van der Waals surface area contributed by atoms with Crippen molar-refractivity contribution in [3.8, 4) is 11.3 Å². The molecule has 5 heteroatoms. The van der Waals surface area contributed by atoms with E-state index in [1.165, 1.54) is 11.6 Å². The van der Waals surface area contributed by atoms with Crippen LogP contribution >= 0.6 is 0 Å². The summed E-state index contributed by atoms with van der Waals surface area (Å²) in [6, 6.07) is 16.7. The lowest BCUT2D eigenvalue weighted by Crippen LogP contribution is -2.27. The minimum absolute atomic E-state index is 0.171. The van der Waals surface area contributed by atoms with Crippen LogP contribution in [0.15, 0.2) is 59.4 Å². The van der Waals surface area contributed by atoms with Gasteiger partial charge in [-0.25, -0.2) is 4.68 Å². The Morgan fingerprint density at radius 2 is 1.67 bits per heavy atom. The Hall–Kier alpha value is -3.21. The third-order valence-electron chi connectivity index (χ3n) is 4.50. The maximum absolute atomic E-state index is 12.1. The van der Waals surface area contributed by atoms with Crippen LogP contribution in [0.3, 0.4) is 0 Å². The Morgan fingerprint density at radius 1 is 0.963 bits per heavy atom. The summed E-state index contributed by atoms with van der Waals surface area (Å²) in [5.74, 6) is -0.498. The van der Waals surface area contributed by atoms with Crippen molar-refractivity contribution < 1.29 is 9.53 Å². The van der Waals surface area contributed by atoms with Crippen LogP contribution < -0.4 is 5.56 Å². The van der Waals surface area contributed by atoms with E-state index in [1.54, 1.807) is 6.07 Å². The second-order valence-corrected chi connectivity index (χ2v) is 6.61. The lowest BCUT2D eigenvalue weighted by Gasteiger charge is -2.11. The van der Waals surface area contributed by atoms with Gasteiger partial charge < -0.3 is 4.74 Å². The van der Waals surface area contributed by atoms with E-state index in [4.69, 9.17) is 4.74 Å². The molecule has 0 N–H and O–H groups in total. The first-order valence-electron chi connectivity index (χ1n) is 8.80. The smallest absolute Gasteiger partial charge is 0.328 e. The average molecular weight is 362 g/mol. The number of ether oxygens (including phenoxy) is 1. The molecule has 5 nitrogen and oxygen atoms in total. The zero-order chi connectivity index (χ0) is 19.4. The minimum Gasteiger partial charge on any atom is -0.459 e. The van der Waals surface area contributed by atoms with Crippen LogP contribution in [-0.2, 0) is 22.7 Å². The number of aromatic nitrogens is 2. The van der Waals surface area contributed by atoms with Crippen LogP contribution in [0.5, 0.6) is 0 Å². The predicted molar refractivity (Wildman–Crippen MR) is 104 cm³/mol. The van der Waals surface area contributed by atoms with Gasteiger partial charge in [-0.1, -0.05) is 36.4 Å². The van der Waals surface area contributed by atoms with Gasteiger partial charge in [0, 0.05) is 11.6 Å². The highest BCUT2D eigenvalue weighted by Gasteiger charge is 2.11. The SMILES string of the molecule is Cc1cc(C)c(-c2ccc(=O)n(CC(=O)OCc3ccccc3)n2)cc1C. The standard InChI is InChI=1S/C22H22N2O3/c1-15-11-17(3)19(12-16(15)2)20-9-10-21(25)24(23-20)13-22(26)27-14-18-7-5-4-6-8-18/h4-12H,13-14H2,1-3H3. The van der Waals surface area contributed by atoms with Gasteiger partial charge in [0.25, 0.3) is 5.56 Å². The maximum atomic E-state index is 12.1.